The zero-order chi connectivity index (χ0) is 13.3. The molecule has 4 heteroatoms. The normalized spacial score (nSPS) is 42.7. The van der Waals surface area contributed by atoms with Gasteiger partial charge in [-0.2, -0.15) is 0 Å². The molecule has 3 N–H and O–H groups in total. The molecule has 104 valence electrons. The van der Waals surface area contributed by atoms with Gasteiger partial charge in [-0.25, -0.2) is 0 Å². The van der Waals surface area contributed by atoms with Gasteiger partial charge in [0.25, 0.3) is 0 Å². The maximum atomic E-state index is 11.3. The van der Waals surface area contributed by atoms with E-state index in [9.17, 15) is 9.90 Å². The van der Waals surface area contributed by atoms with Crippen LogP contribution in [0.2, 0.25) is 0 Å². The predicted molar refractivity (Wildman–Crippen MR) is 71.3 cm³/mol. The van der Waals surface area contributed by atoms with Crippen LogP contribution in [0.25, 0.3) is 0 Å². The second kappa shape index (κ2) is 5.17. The molecule has 0 amide bonds. The lowest BCUT2D eigenvalue weighted by molar-refractivity contribution is -0.145. The van der Waals surface area contributed by atoms with E-state index < -0.39 is 11.5 Å². The first kappa shape index (κ1) is 13.8. The molecule has 4 nitrogen and oxygen atoms in total. The number of rotatable bonds is 2. The van der Waals surface area contributed by atoms with Crippen molar-refractivity contribution in [2.45, 2.75) is 57.5 Å². The molecule has 2 fully saturated rings. The third kappa shape index (κ3) is 2.86. The summed E-state index contributed by atoms with van der Waals surface area (Å²) in [6.45, 7) is 6.78. The minimum atomic E-state index is -0.993. The van der Waals surface area contributed by atoms with Crippen LogP contribution in [-0.4, -0.2) is 40.6 Å². The molecule has 0 bridgehead atoms. The van der Waals surface area contributed by atoms with Crippen LogP contribution in [-0.2, 0) is 4.79 Å². The van der Waals surface area contributed by atoms with Crippen molar-refractivity contribution >= 4 is 5.97 Å². The molecule has 18 heavy (non-hydrogen) atoms. The third-order valence-electron chi connectivity index (χ3n) is 4.60. The van der Waals surface area contributed by atoms with E-state index in [2.05, 4.69) is 18.7 Å². The van der Waals surface area contributed by atoms with E-state index in [4.69, 9.17) is 5.73 Å². The summed E-state index contributed by atoms with van der Waals surface area (Å²) in [5, 5.41) is 9.27. The minimum Gasteiger partial charge on any atom is -0.480 e. The number of hydrogen-bond donors (Lipinski definition) is 2. The van der Waals surface area contributed by atoms with Crippen LogP contribution in [0.3, 0.4) is 0 Å². The number of likely N-dealkylation sites (tertiary alicyclic amines) is 1. The van der Waals surface area contributed by atoms with E-state index in [0.717, 1.165) is 25.9 Å². The van der Waals surface area contributed by atoms with Crippen LogP contribution < -0.4 is 5.73 Å². The first-order chi connectivity index (χ1) is 8.40. The van der Waals surface area contributed by atoms with Crippen molar-refractivity contribution in [3.8, 4) is 0 Å². The molecule has 4 unspecified atom stereocenters. The summed E-state index contributed by atoms with van der Waals surface area (Å²) >= 11 is 0. The van der Waals surface area contributed by atoms with Crippen LogP contribution in [0.15, 0.2) is 0 Å². The highest BCUT2D eigenvalue weighted by atomic mass is 16.4. The Hall–Kier alpha value is -0.610. The van der Waals surface area contributed by atoms with Crippen molar-refractivity contribution in [2.24, 2.45) is 17.6 Å². The maximum Gasteiger partial charge on any atom is 0.323 e. The fourth-order valence-corrected chi connectivity index (χ4v) is 3.79. The lowest BCUT2D eigenvalue weighted by atomic mass is 9.78. The van der Waals surface area contributed by atoms with Crippen molar-refractivity contribution in [3.05, 3.63) is 0 Å². The van der Waals surface area contributed by atoms with Crippen LogP contribution in [0, 0.1) is 11.8 Å². The summed E-state index contributed by atoms with van der Waals surface area (Å²) in [5.41, 5.74) is 5.05. The van der Waals surface area contributed by atoms with Gasteiger partial charge in [0.1, 0.15) is 5.54 Å². The number of carboxylic acids is 1. The second-order valence-corrected chi connectivity index (χ2v) is 6.61. The van der Waals surface area contributed by atoms with E-state index in [1.54, 1.807) is 0 Å². The molecule has 4 atom stereocenters. The van der Waals surface area contributed by atoms with Crippen molar-refractivity contribution in [1.29, 1.82) is 0 Å². The summed E-state index contributed by atoms with van der Waals surface area (Å²) in [4.78, 5) is 13.8. The number of carbonyl (C=O) groups is 1. The Morgan fingerprint density at radius 1 is 1.33 bits per heavy atom. The molecule has 0 radical (unpaired) electrons. The van der Waals surface area contributed by atoms with Gasteiger partial charge < -0.3 is 10.8 Å². The number of nitrogens with two attached hydrogens (primary N) is 1. The Labute approximate surface area is 110 Å². The zero-order valence-electron chi connectivity index (χ0n) is 11.6. The average molecular weight is 254 g/mol. The van der Waals surface area contributed by atoms with Crippen molar-refractivity contribution < 1.29 is 9.90 Å². The first-order valence-electron chi connectivity index (χ1n) is 7.17. The number of nitrogens with zero attached hydrogens (tertiary/aromatic N) is 1. The van der Waals surface area contributed by atoms with Crippen LogP contribution in [0.4, 0.5) is 0 Å². The van der Waals surface area contributed by atoms with Crippen LogP contribution >= 0.6 is 0 Å². The van der Waals surface area contributed by atoms with Gasteiger partial charge in [-0.3, -0.25) is 9.69 Å². The van der Waals surface area contributed by atoms with Gasteiger partial charge in [0.2, 0.25) is 0 Å². The molecule has 1 aliphatic carbocycles. The lowest BCUT2D eigenvalue weighted by Gasteiger charge is -2.45. The van der Waals surface area contributed by atoms with E-state index in [-0.39, 0.29) is 0 Å². The number of aliphatic carboxylic acids is 1. The SMILES string of the molecule is CC1CC(C)CN(C2CCCC(N)(C(=O)O)C2)C1. The summed E-state index contributed by atoms with van der Waals surface area (Å²) in [7, 11) is 0. The van der Waals surface area contributed by atoms with Gasteiger partial charge in [-0.05, 0) is 43.9 Å². The average Bonchev–Trinajstić information content (AvgIpc) is 2.27. The van der Waals surface area contributed by atoms with Crippen molar-refractivity contribution in [1.82, 2.24) is 4.90 Å². The second-order valence-electron chi connectivity index (χ2n) is 6.61. The summed E-state index contributed by atoms with van der Waals surface area (Å²) in [5.74, 6) is 0.602. The van der Waals surface area contributed by atoms with Crippen LogP contribution in [0.5, 0.6) is 0 Å². The maximum absolute atomic E-state index is 11.3. The number of piperidine rings is 1. The van der Waals surface area contributed by atoms with Gasteiger partial charge in [-0.1, -0.05) is 13.8 Å². The smallest absolute Gasteiger partial charge is 0.323 e. The quantitative estimate of drug-likeness (QED) is 0.787. The molecule has 1 heterocycles. The number of carboxylic acid groups (broad SMARTS) is 1. The molecule has 0 aromatic rings. The fourth-order valence-electron chi connectivity index (χ4n) is 3.79. The topological polar surface area (TPSA) is 66.6 Å². The lowest BCUT2D eigenvalue weighted by Crippen LogP contribution is -2.57. The Morgan fingerprint density at radius 3 is 2.50 bits per heavy atom. The molecule has 1 saturated carbocycles. The van der Waals surface area contributed by atoms with Crippen molar-refractivity contribution in [3.63, 3.8) is 0 Å². The molecule has 0 aromatic carbocycles. The van der Waals surface area contributed by atoms with Gasteiger partial charge in [0.05, 0.1) is 0 Å². The Morgan fingerprint density at radius 2 is 1.94 bits per heavy atom. The molecule has 0 spiro atoms. The van der Waals surface area contributed by atoms with E-state index in [1.807, 2.05) is 0 Å². The van der Waals surface area contributed by atoms with Gasteiger partial charge >= 0.3 is 5.97 Å². The highest BCUT2D eigenvalue weighted by Crippen LogP contribution is 2.33. The standard InChI is InChI=1S/C14H26N2O2/c1-10-6-11(2)9-16(8-10)12-4-3-5-14(15,7-12)13(17)18/h10-12H,3-9,15H2,1-2H3,(H,17,18). The first-order valence-corrected chi connectivity index (χ1v) is 7.17. The third-order valence-corrected chi connectivity index (χ3v) is 4.60. The van der Waals surface area contributed by atoms with Gasteiger partial charge in [-0.15, -0.1) is 0 Å². The van der Waals surface area contributed by atoms with E-state index in [0.29, 0.717) is 30.7 Å². The Bertz CT molecular complexity index is 311. The van der Waals surface area contributed by atoms with E-state index >= 15 is 0 Å². The predicted octanol–water partition coefficient (Wildman–Crippen LogP) is 1.69. The van der Waals surface area contributed by atoms with Crippen LogP contribution in [0.1, 0.15) is 46.0 Å². The minimum absolute atomic E-state index is 0.366. The van der Waals surface area contributed by atoms with Gasteiger partial charge in [0.15, 0.2) is 0 Å². The highest BCUT2D eigenvalue weighted by molar-refractivity contribution is 5.78. The molecule has 0 aromatic heterocycles. The molecule has 1 saturated heterocycles. The zero-order valence-corrected chi connectivity index (χ0v) is 11.6. The Kier molecular flexibility index (Phi) is 3.97. The van der Waals surface area contributed by atoms with E-state index in [1.165, 1.54) is 6.42 Å². The molecule has 2 rings (SSSR count). The fraction of sp³-hybridized carbons (Fsp3) is 0.929. The highest BCUT2D eigenvalue weighted by Gasteiger charge is 2.42. The molecule has 2 aliphatic rings. The Balaban J connectivity index is 2.02. The summed E-state index contributed by atoms with van der Waals surface area (Å²) in [6.07, 6.45) is 4.56. The molecular weight excluding hydrogens is 228 g/mol. The monoisotopic (exact) mass is 254 g/mol. The largest absolute Gasteiger partial charge is 0.480 e. The van der Waals surface area contributed by atoms with Crippen molar-refractivity contribution in [2.75, 3.05) is 13.1 Å². The molecular formula is C14H26N2O2. The van der Waals surface area contributed by atoms with Gasteiger partial charge in [0, 0.05) is 19.1 Å². The summed E-state index contributed by atoms with van der Waals surface area (Å²) < 4.78 is 0. The summed E-state index contributed by atoms with van der Waals surface area (Å²) in [6, 6.07) is 0.366. The molecule has 1 aliphatic heterocycles. The number of hydrogen-bond acceptors (Lipinski definition) is 3.